The van der Waals surface area contributed by atoms with E-state index >= 15 is 0 Å². The van der Waals surface area contributed by atoms with Gasteiger partial charge in [-0.25, -0.2) is 0 Å². The van der Waals surface area contributed by atoms with Gasteiger partial charge >= 0.3 is 0 Å². The highest BCUT2D eigenvalue weighted by Gasteiger charge is 2.00. The van der Waals surface area contributed by atoms with Crippen LogP contribution in [0.25, 0.3) is 11.1 Å². The normalized spacial score (nSPS) is 10.1. The van der Waals surface area contributed by atoms with Crippen LogP contribution in [0.5, 0.6) is 0 Å². The van der Waals surface area contributed by atoms with Gasteiger partial charge in [0.25, 0.3) is 0 Å². The van der Waals surface area contributed by atoms with Crippen molar-refractivity contribution in [3.8, 4) is 23.0 Å². The summed E-state index contributed by atoms with van der Waals surface area (Å²) in [5, 5.41) is 0. The molecule has 0 radical (unpaired) electrons. The standard InChI is InChI=1S/C22H20N2/c1-3-17-10-20(15-23-13-17)9-8-19-6-5-7-21(12-19)22-11-18(4-2)14-24-16-22/h5-7,10-16H,3-4H2,1-2H3. The Kier molecular flexibility index (Phi) is 5.03. The predicted molar refractivity (Wildman–Crippen MR) is 98.6 cm³/mol. The minimum absolute atomic E-state index is 0.953. The molecule has 2 heteroatoms. The van der Waals surface area contributed by atoms with Gasteiger partial charge in [0.05, 0.1) is 0 Å². The Hall–Kier alpha value is -2.92. The predicted octanol–water partition coefficient (Wildman–Crippen LogP) is 4.67. The van der Waals surface area contributed by atoms with Gasteiger partial charge in [0.1, 0.15) is 0 Å². The number of nitrogens with zero attached hydrogens (tertiary/aromatic N) is 2. The van der Waals surface area contributed by atoms with Crippen LogP contribution < -0.4 is 0 Å². The van der Waals surface area contributed by atoms with E-state index in [1.54, 1.807) is 0 Å². The van der Waals surface area contributed by atoms with Crippen molar-refractivity contribution in [3.63, 3.8) is 0 Å². The number of aromatic nitrogens is 2. The Morgan fingerprint density at radius 2 is 1.42 bits per heavy atom. The molecule has 0 bridgehead atoms. The van der Waals surface area contributed by atoms with Gasteiger partial charge in [0.2, 0.25) is 0 Å². The minimum atomic E-state index is 0.953. The van der Waals surface area contributed by atoms with Gasteiger partial charge < -0.3 is 0 Å². The summed E-state index contributed by atoms with van der Waals surface area (Å²) in [5.74, 6) is 6.45. The molecule has 0 unspecified atom stereocenters. The Labute approximate surface area is 143 Å². The molecule has 0 aliphatic heterocycles. The summed E-state index contributed by atoms with van der Waals surface area (Å²) >= 11 is 0. The fourth-order valence-corrected chi connectivity index (χ4v) is 2.51. The SMILES string of the molecule is CCc1cncc(C#Cc2cccc(-c3cncc(CC)c3)c2)c1. The van der Waals surface area contributed by atoms with Gasteiger partial charge in [-0.2, -0.15) is 0 Å². The molecule has 3 aromatic rings. The molecule has 2 nitrogen and oxygen atoms in total. The minimum Gasteiger partial charge on any atom is -0.264 e. The van der Waals surface area contributed by atoms with Gasteiger partial charge in [-0.05, 0) is 53.8 Å². The molecule has 118 valence electrons. The Morgan fingerprint density at radius 3 is 2.21 bits per heavy atom. The zero-order valence-electron chi connectivity index (χ0n) is 14.1. The maximum absolute atomic E-state index is 4.33. The van der Waals surface area contributed by atoms with Crippen molar-refractivity contribution in [2.24, 2.45) is 0 Å². The molecule has 3 rings (SSSR count). The molecule has 0 amide bonds. The Bertz CT molecular complexity index is 901. The van der Waals surface area contributed by atoms with Crippen LogP contribution in [0.4, 0.5) is 0 Å². The first kappa shape index (κ1) is 16.0. The van der Waals surface area contributed by atoms with Gasteiger partial charge in [0, 0.05) is 41.5 Å². The highest BCUT2D eigenvalue weighted by atomic mass is 14.6. The van der Waals surface area contributed by atoms with E-state index in [0.717, 1.165) is 35.1 Å². The number of benzene rings is 1. The first-order valence-electron chi connectivity index (χ1n) is 8.28. The summed E-state index contributed by atoms with van der Waals surface area (Å²) in [6.45, 7) is 4.26. The number of aryl methyl sites for hydroxylation is 2. The van der Waals surface area contributed by atoms with Crippen LogP contribution >= 0.6 is 0 Å². The van der Waals surface area contributed by atoms with E-state index in [4.69, 9.17) is 0 Å². The molecule has 24 heavy (non-hydrogen) atoms. The summed E-state index contributed by atoms with van der Waals surface area (Å²) in [7, 11) is 0. The van der Waals surface area contributed by atoms with Crippen LogP contribution in [-0.4, -0.2) is 9.97 Å². The molecule has 0 atom stereocenters. The highest BCUT2D eigenvalue weighted by molar-refractivity contribution is 5.65. The van der Waals surface area contributed by atoms with E-state index < -0.39 is 0 Å². The van der Waals surface area contributed by atoms with E-state index in [0.29, 0.717) is 0 Å². The van der Waals surface area contributed by atoms with Crippen molar-refractivity contribution >= 4 is 0 Å². The maximum atomic E-state index is 4.33. The lowest BCUT2D eigenvalue weighted by molar-refractivity contribution is 1.10. The van der Waals surface area contributed by atoms with Crippen molar-refractivity contribution in [3.05, 3.63) is 83.4 Å². The molecule has 1 aromatic carbocycles. The van der Waals surface area contributed by atoms with Crippen molar-refractivity contribution in [2.75, 3.05) is 0 Å². The zero-order valence-corrected chi connectivity index (χ0v) is 14.1. The summed E-state index contributed by atoms with van der Waals surface area (Å²) in [6, 6.07) is 12.6. The van der Waals surface area contributed by atoms with Gasteiger partial charge in [-0.1, -0.05) is 37.8 Å². The van der Waals surface area contributed by atoms with Crippen LogP contribution in [0.15, 0.2) is 61.2 Å². The summed E-state index contributed by atoms with van der Waals surface area (Å²) in [5.41, 5.74) is 6.67. The summed E-state index contributed by atoms with van der Waals surface area (Å²) in [6.07, 6.45) is 9.48. The lowest BCUT2D eigenvalue weighted by Crippen LogP contribution is -1.87. The lowest BCUT2D eigenvalue weighted by atomic mass is 10.0. The Morgan fingerprint density at radius 1 is 0.708 bits per heavy atom. The summed E-state index contributed by atoms with van der Waals surface area (Å²) < 4.78 is 0. The average Bonchev–Trinajstić information content (AvgIpc) is 2.67. The molecule has 0 N–H and O–H groups in total. The Balaban J connectivity index is 1.89. The monoisotopic (exact) mass is 312 g/mol. The molecular weight excluding hydrogens is 292 g/mol. The topological polar surface area (TPSA) is 25.8 Å². The quantitative estimate of drug-likeness (QED) is 0.657. The molecule has 0 fully saturated rings. The van der Waals surface area contributed by atoms with Crippen LogP contribution in [0.3, 0.4) is 0 Å². The molecule has 0 aliphatic rings. The third-order valence-corrected chi connectivity index (χ3v) is 3.95. The third-order valence-electron chi connectivity index (χ3n) is 3.95. The van der Waals surface area contributed by atoms with Crippen molar-refractivity contribution in [1.29, 1.82) is 0 Å². The molecule has 2 aromatic heterocycles. The molecule has 0 saturated carbocycles. The summed E-state index contributed by atoms with van der Waals surface area (Å²) in [4.78, 5) is 8.57. The highest BCUT2D eigenvalue weighted by Crippen LogP contribution is 2.20. The lowest BCUT2D eigenvalue weighted by Gasteiger charge is -2.04. The number of pyridine rings is 2. The van der Waals surface area contributed by atoms with Crippen molar-refractivity contribution in [2.45, 2.75) is 26.7 Å². The van der Waals surface area contributed by atoms with E-state index in [2.05, 4.69) is 59.9 Å². The van der Waals surface area contributed by atoms with Gasteiger partial charge in [0.15, 0.2) is 0 Å². The van der Waals surface area contributed by atoms with Gasteiger partial charge in [-0.3, -0.25) is 9.97 Å². The number of hydrogen-bond acceptors (Lipinski definition) is 2. The van der Waals surface area contributed by atoms with Crippen LogP contribution in [0.2, 0.25) is 0 Å². The third kappa shape index (κ3) is 3.88. The number of hydrogen-bond donors (Lipinski definition) is 0. The second-order valence-electron chi connectivity index (χ2n) is 5.70. The van der Waals surface area contributed by atoms with E-state index in [1.807, 2.05) is 36.9 Å². The molecule has 0 spiro atoms. The van der Waals surface area contributed by atoms with Crippen molar-refractivity contribution < 1.29 is 0 Å². The first-order valence-corrected chi connectivity index (χ1v) is 8.28. The second kappa shape index (κ2) is 7.57. The average molecular weight is 312 g/mol. The van der Waals surface area contributed by atoms with Crippen LogP contribution in [0, 0.1) is 11.8 Å². The fraction of sp³-hybridized carbons (Fsp3) is 0.182. The van der Waals surface area contributed by atoms with Crippen LogP contribution in [0.1, 0.15) is 36.1 Å². The smallest absolute Gasteiger partial charge is 0.0435 e. The van der Waals surface area contributed by atoms with E-state index in [-0.39, 0.29) is 0 Å². The largest absolute Gasteiger partial charge is 0.264 e. The fourth-order valence-electron chi connectivity index (χ4n) is 2.51. The van der Waals surface area contributed by atoms with Gasteiger partial charge in [-0.15, -0.1) is 0 Å². The van der Waals surface area contributed by atoms with E-state index in [9.17, 15) is 0 Å². The van der Waals surface area contributed by atoms with Crippen LogP contribution in [-0.2, 0) is 12.8 Å². The van der Waals surface area contributed by atoms with Crippen molar-refractivity contribution in [1.82, 2.24) is 9.97 Å². The molecule has 2 heterocycles. The maximum Gasteiger partial charge on any atom is 0.0435 e. The van der Waals surface area contributed by atoms with E-state index in [1.165, 1.54) is 11.1 Å². The second-order valence-corrected chi connectivity index (χ2v) is 5.70. The zero-order chi connectivity index (χ0) is 16.8. The molecule has 0 saturated heterocycles. The first-order chi connectivity index (χ1) is 11.8. The number of rotatable bonds is 3. The molecular formula is C22H20N2. The molecule has 0 aliphatic carbocycles.